The fourth-order valence-corrected chi connectivity index (χ4v) is 1.58. The Labute approximate surface area is 86.7 Å². The highest BCUT2D eigenvalue weighted by molar-refractivity contribution is 5.95. The van der Waals surface area contributed by atoms with Gasteiger partial charge in [-0.3, -0.25) is 9.36 Å². The van der Waals surface area contributed by atoms with Crippen LogP contribution in [-0.2, 0) is 0 Å². The Bertz CT molecular complexity index is 528. The van der Waals surface area contributed by atoms with E-state index in [1.54, 1.807) is 25.3 Å². The van der Waals surface area contributed by atoms with Crippen molar-refractivity contribution < 1.29 is 14.6 Å². The SMILES string of the molecule is COc1ccc2c(c1)c(O)cn2C(C)=O. The summed E-state index contributed by atoms with van der Waals surface area (Å²) in [4.78, 5) is 11.2. The highest BCUT2D eigenvalue weighted by Gasteiger charge is 2.10. The van der Waals surface area contributed by atoms with Crippen LogP contribution < -0.4 is 4.74 Å². The molecule has 0 atom stereocenters. The fourth-order valence-electron chi connectivity index (χ4n) is 1.58. The van der Waals surface area contributed by atoms with Gasteiger partial charge in [-0.25, -0.2) is 0 Å². The van der Waals surface area contributed by atoms with Gasteiger partial charge < -0.3 is 9.84 Å². The number of nitrogens with zero attached hydrogens (tertiary/aromatic N) is 1. The zero-order valence-electron chi connectivity index (χ0n) is 8.52. The van der Waals surface area contributed by atoms with Crippen molar-refractivity contribution in [1.82, 2.24) is 4.57 Å². The number of methoxy groups -OCH3 is 1. The Morgan fingerprint density at radius 2 is 2.20 bits per heavy atom. The number of hydrogen-bond donors (Lipinski definition) is 1. The summed E-state index contributed by atoms with van der Waals surface area (Å²) in [6.07, 6.45) is 1.41. The maximum atomic E-state index is 11.2. The average Bonchev–Trinajstić information content (AvgIpc) is 2.56. The van der Waals surface area contributed by atoms with Crippen LogP contribution in [0.25, 0.3) is 10.9 Å². The second-order valence-electron chi connectivity index (χ2n) is 3.29. The maximum absolute atomic E-state index is 11.2. The predicted molar refractivity (Wildman–Crippen MR) is 56.5 cm³/mol. The lowest BCUT2D eigenvalue weighted by atomic mass is 10.2. The van der Waals surface area contributed by atoms with Crippen LogP contribution in [0.15, 0.2) is 24.4 Å². The molecule has 0 aliphatic heterocycles. The number of carbonyl (C=O) groups excluding carboxylic acids is 1. The quantitative estimate of drug-likeness (QED) is 0.774. The molecule has 0 bridgehead atoms. The van der Waals surface area contributed by atoms with Gasteiger partial charge in [-0.15, -0.1) is 0 Å². The first-order chi connectivity index (χ1) is 7.13. The van der Waals surface area contributed by atoms with E-state index >= 15 is 0 Å². The molecule has 0 amide bonds. The Morgan fingerprint density at radius 1 is 1.47 bits per heavy atom. The number of carbonyl (C=O) groups is 1. The maximum Gasteiger partial charge on any atom is 0.228 e. The molecule has 4 nitrogen and oxygen atoms in total. The van der Waals surface area contributed by atoms with Gasteiger partial charge in [-0.2, -0.15) is 0 Å². The molecule has 0 fully saturated rings. The summed E-state index contributed by atoms with van der Waals surface area (Å²) in [6.45, 7) is 1.45. The second-order valence-corrected chi connectivity index (χ2v) is 3.29. The highest BCUT2D eigenvalue weighted by atomic mass is 16.5. The first kappa shape index (κ1) is 9.58. The zero-order chi connectivity index (χ0) is 11.0. The van der Waals surface area contributed by atoms with E-state index in [0.29, 0.717) is 16.7 Å². The number of aromatic nitrogens is 1. The number of fused-ring (bicyclic) bond motifs is 1. The lowest BCUT2D eigenvalue weighted by Gasteiger charge is -2.01. The average molecular weight is 205 g/mol. The van der Waals surface area contributed by atoms with Gasteiger partial charge in [0.1, 0.15) is 11.5 Å². The Balaban J connectivity index is 2.75. The van der Waals surface area contributed by atoms with Crippen LogP contribution >= 0.6 is 0 Å². The molecular formula is C11H11NO3. The van der Waals surface area contributed by atoms with Gasteiger partial charge in [-0.05, 0) is 18.2 Å². The normalized spacial score (nSPS) is 10.5. The van der Waals surface area contributed by atoms with Crippen LogP contribution in [-0.4, -0.2) is 22.7 Å². The van der Waals surface area contributed by atoms with E-state index in [1.807, 2.05) is 0 Å². The van der Waals surface area contributed by atoms with E-state index in [0.717, 1.165) is 0 Å². The van der Waals surface area contributed by atoms with Gasteiger partial charge in [-0.1, -0.05) is 0 Å². The van der Waals surface area contributed by atoms with Crippen molar-refractivity contribution in [3.63, 3.8) is 0 Å². The molecule has 0 unspecified atom stereocenters. The van der Waals surface area contributed by atoms with Gasteiger partial charge >= 0.3 is 0 Å². The van der Waals surface area contributed by atoms with Gasteiger partial charge in [0.05, 0.1) is 18.8 Å². The minimum atomic E-state index is -0.134. The van der Waals surface area contributed by atoms with Crippen LogP contribution in [0.1, 0.15) is 11.7 Å². The molecular weight excluding hydrogens is 194 g/mol. The van der Waals surface area contributed by atoms with E-state index in [9.17, 15) is 9.90 Å². The molecule has 0 radical (unpaired) electrons. The lowest BCUT2D eigenvalue weighted by molar-refractivity contribution is 0.0941. The van der Waals surface area contributed by atoms with E-state index in [2.05, 4.69) is 0 Å². The number of rotatable bonds is 1. The molecule has 78 valence electrons. The second kappa shape index (κ2) is 3.31. The molecule has 0 aliphatic rings. The van der Waals surface area contributed by atoms with Gasteiger partial charge in [0.2, 0.25) is 5.91 Å². The smallest absolute Gasteiger partial charge is 0.228 e. The molecule has 0 spiro atoms. The molecule has 1 aromatic carbocycles. The summed E-state index contributed by atoms with van der Waals surface area (Å²) in [7, 11) is 1.56. The molecule has 15 heavy (non-hydrogen) atoms. The van der Waals surface area contributed by atoms with Gasteiger partial charge in [0.15, 0.2) is 0 Å². The summed E-state index contributed by atoms with van der Waals surface area (Å²) in [6, 6.07) is 5.20. The van der Waals surface area contributed by atoms with Crippen molar-refractivity contribution in [1.29, 1.82) is 0 Å². The summed E-state index contributed by atoms with van der Waals surface area (Å²) in [5.74, 6) is 0.601. The number of benzene rings is 1. The largest absolute Gasteiger partial charge is 0.506 e. The first-order valence-corrected chi connectivity index (χ1v) is 4.52. The van der Waals surface area contributed by atoms with E-state index in [1.165, 1.54) is 17.7 Å². The standard InChI is InChI=1S/C11H11NO3/c1-7(13)12-6-11(14)9-5-8(15-2)3-4-10(9)12/h3-6,14H,1-2H3. The molecule has 2 rings (SSSR count). The zero-order valence-corrected chi connectivity index (χ0v) is 8.52. The summed E-state index contributed by atoms with van der Waals surface area (Å²) in [5, 5.41) is 10.2. The minimum absolute atomic E-state index is 0.0825. The third-order valence-electron chi connectivity index (χ3n) is 2.33. The molecule has 1 aromatic heterocycles. The van der Waals surface area contributed by atoms with Crippen molar-refractivity contribution in [3.8, 4) is 11.5 Å². The Hall–Kier alpha value is -1.97. The van der Waals surface area contributed by atoms with E-state index in [4.69, 9.17) is 4.74 Å². The third kappa shape index (κ3) is 1.44. The van der Waals surface area contributed by atoms with Crippen molar-refractivity contribution in [3.05, 3.63) is 24.4 Å². The van der Waals surface area contributed by atoms with Crippen LogP contribution in [0.5, 0.6) is 11.5 Å². The predicted octanol–water partition coefficient (Wildman–Crippen LogP) is 2.02. The summed E-state index contributed by atoms with van der Waals surface area (Å²) < 4.78 is 6.45. The molecule has 1 heterocycles. The van der Waals surface area contributed by atoms with Crippen LogP contribution in [0.2, 0.25) is 0 Å². The highest BCUT2D eigenvalue weighted by Crippen LogP contribution is 2.30. The molecule has 2 aromatic rings. The van der Waals surface area contributed by atoms with Crippen LogP contribution in [0, 0.1) is 0 Å². The minimum Gasteiger partial charge on any atom is -0.506 e. The number of aromatic hydroxyl groups is 1. The summed E-state index contributed by atoms with van der Waals surface area (Å²) >= 11 is 0. The van der Waals surface area contributed by atoms with Crippen LogP contribution in [0.3, 0.4) is 0 Å². The number of hydrogen-bond acceptors (Lipinski definition) is 3. The first-order valence-electron chi connectivity index (χ1n) is 4.52. The topological polar surface area (TPSA) is 51.5 Å². The van der Waals surface area contributed by atoms with E-state index < -0.39 is 0 Å². The monoisotopic (exact) mass is 205 g/mol. The van der Waals surface area contributed by atoms with Crippen molar-refractivity contribution in [2.45, 2.75) is 6.92 Å². The van der Waals surface area contributed by atoms with Crippen molar-refractivity contribution in [2.75, 3.05) is 7.11 Å². The lowest BCUT2D eigenvalue weighted by Crippen LogP contribution is -2.02. The van der Waals surface area contributed by atoms with Crippen LogP contribution in [0.4, 0.5) is 0 Å². The molecule has 1 N–H and O–H groups in total. The van der Waals surface area contributed by atoms with Crippen molar-refractivity contribution >= 4 is 16.8 Å². The van der Waals surface area contributed by atoms with Gasteiger partial charge in [0.25, 0.3) is 0 Å². The Morgan fingerprint density at radius 3 is 2.80 bits per heavy atom. The summed E-state index contributed by atoms with van der Waals surface area (Å²) in [5.41, 5.74) is 0.681. The molecule has 0 saturated carbocycles. The number of ether oxygens (including phenoxy) is 1. The third-order valence-corrected chi connectivity index (χ3v) is 2.33. The van der Waals surface area contributed by atoms with Crippen molar-refractivity contribution in [2.24, 2.45) is 0 Å². The molecule has 4 heteroatoms. The molecule has 0 aliphatic carbocycles. The van der Waals surface area contributed by atoms with Gasteiger partial charge in [0, 0.05) is 12.3 Å². The Kier molecular flexibility index (Phi) is 2.11. The molecule has 0 saturated heterocycles. The fraction of sp³-hybridized carbons (Fsp3) is 0.182. The van der Waals surface area contributed by atoms with E-state index in [-0.39, 0.29) is 11.7 Å².